The smallest absolute Gasteiger partial charge is 0.0276 e. The highest BCUT2D eigenvalue weighted by atomic mass is 79.9. The Morgan fingerprint density at radius 3 is 2.38 bits per heavy atom. The number of hydrogen-bond acceptors (Lipinski definition) is 0. The van der Waals surface area contributed by atoms with Crippen LogP contribution in [0.15, 0.2) is 43.7 Å². The fourth-order valence-corrected chi connectivity index (χ4v) is 3.63. The molecule has 0 saturated heterocycles. The summed E-state index contributed by atoms with van der Waals surface area (Å²) in [5.41, 5.74) is 0. The summed E-state index contributed by atoms with van der Waals surface area (Å²) in [6, 6.07) is 10.3. The summed E-state index contributed by atoms with van der Waals surface area (Å²) in [4.78, 5) is 0. The van der Waals surface area contributed by atoms with Crippen molar-refractivity contribution in [1.82, 2.24) is 0 Å². The molecule has 3 heteroatoms. The maximum absolute atomic E-state index is 3.54. The summed E-state index contributed by atoms with van der Waals surface area (Å²) in [6.45, 7) is 0. The van der Waals surface area contributed by atoms with Crippen LogP contribution in [0.1, 0.15) is 0 Å². The molecule has 0 heterocycles. The van der Waals surface area contributed by atoms with Crippen molar-refractivity contribution in [2.45, 2.75) is 0 Å². The quantitative estimate of drug-likeness (QED) is 0.608. The van der Waals surface area contributed by atoms with E-state index in [-0.39, 0.29) is 0 Å². The highest BCUT2D eigenvalue weighted by Gasteiger charge is 2.03. The lowest BCUT2D eigenvalue weighted by Crippen LogP contribution is -1.77. The predicted octanol–water partition coefficient (Wildman–Crippen LogP) is 5.13. The average Bonchev–Trinajstić information content (AvgIpc) is 2.02. The molecule has 2 aromatic carbocycles. The molecule has 0 saturated carbocycles. The third-order valence-electron chi connectivity index (χ3n) is 1.84. The highest BCUT2D eigenvalue weighted by Crippen LogP contribution is 2.33. The second kappa shape index (κ2) is 3.71. The molecule has 0 amide bonds. The van der Waals surface area contributed by atoms with Crippen LogP contribution in [-0.2, 0) is 0 Å². The van der Waals surface area contributed by atoms with Crippen molar-refractivity contribution in [3.63, 3.8) is 0 Å². The molecule has 0 atom stereocenters. The van der Waals surface area contributed by atoms with E-state index < -0.39 is 0 Å². The van der Waals surface area contributed by atoms with Gasteiger partial charge < -0.3 is 0 Å². The SMILES string of the molecule is Brc1cc(Br)c2c(Br)cccc2c1. The first kappa shape index (κ1) is 9.69. The van der Waals surface area contributed by atoms with Crippen molar-refractivity contribution >= 4 is 58.6 Å². The number of halogens is 3. The predicted molar refractivity (Wildman–Crippen MR) is 67.0 cm³/mol. The van der Waals surface area contributed by atoms with Crippen LogP contribution in [-0.4, -0.2) is 0 Å². The molecular formula is C10H5Br3. The van der Waals surface area contributed by atoms with Gasteiger partial charge in [-0.1, -0.05) is 59.9 Å². The normalized spacial score (nSPS) is 10.7. The fourth-order valence-electron chi connectivity index (χ4n) is 1.30. The number of hydrogen-bond donors (Lipinski definition) is 0. The van der Waals surface area contributed by atoms with Gasteiger partial charge in [0.25, 0.3) is 0 Å². The van der Waals surface area contributed by atoms with E-state index >= 15 is 0 Å². The molecular weight excluding hydrogens is 360 g/mol. The summed E-state index contributed by atoms with van der Waals surface area (Å²) in [5, 5.41) is 2.43. The molecule has 0 aromatic heterocycles. The van der Waals surface area contributed by atoms with E-state index in [1.54, 1.807) is 0 Å². The van der Waals surface area contributed by atoms with Gasteiger partial charge >= 0.3 is 0 Å². The van der Waals surface area contributed by atoms with Crippen molar-refractivity contribution in [3.05, 3.63) is 43.7 Å². The van der Waals surface area contributed by atoms with Crippen LogP contribution in [0.4, 0.5) is 0 Å². The second-order valence-electron chi connectivity index (χ2n) is 2.73. The molecule has 66 valence electrons. The van der Waals surface area contributed by atoms with Gasteiger partial charge in [-0.25, -0.2) is 0 Å². The van der Waals surface area contributed by atoms with E-state index in [4.69, 9.17) is 0 Å². The molecule has 0 radical (unpaired) electrons. The van der Waals surface area contributed by atoms with Crippen molar-refractivity contribution in [2.24, 2.45) is 0 Å². The van der Waals surface area contributed by atoms with E-state index in [0.29, 0.717) is 0 Å². The zero-order valence-corrected chi connectivity index (χ0v) is 11.3. The molecule has 0 bridgehead atoms. The van der Waals surface area contributed by atoms with Crippen LogP contribution in [0.25, 0.3) is 10.8 Å². The Balaban J connectivity index is 2.94. The summed E-state index contributed by atoms with van der Waals surface area (Å²) >= 11 is 10.5. The summed E-state index contributed by atoms with van der Waals surface area (Å²) in [5.74, 6) is 0. The zero-order chi connectivity index (χ0) is 9.42. The maximum atomic E-state index is 3.54. The Hall–Kier alpha value is 0.140. The zero-order valence-electron chi connectivity index (χ0n) is 6.52. The lowest BCUT2D eigenvalue weighted by atomic mass is 10.1. The molecule has 0 aliphatic heterocycles. The van der Waals surface area contributed by atoms with Gasteiger partial charge in [0.05, 0.1) is 0 Å². The first-order chi connectivity index (χ1) is 6.18. The van der Waals surface area contributed by atoms with Gasteiger partial charge in [-0.15, -0.1) is 0 Å². The van der Waals surface area contributed by atoms with Crippen molar-refractivity contribution in [2.75, 3.05) is 0 Å². The van der Waals surface area contributed by atoms with Crippen molar-refractivity contribution in [3.8, 4) is 0 Å². The Morgan fingerprint density at radius 2 is 1.62 bits per heavy atom. The van der Waals surface area contributed by atoms with E-state index in [1.165, 1.54) is 10.8 Å². The maximum Gasteiger partial charge on any atom is 0.0276 e. The molecule has 0 nitrogen and oxygen atoms in total. The van der Waals surface area contributed by atoms with Gasteiger partial charge in [0.2, 0.25) is 0 Å². The monoisotopic (exact) mass is 362 g/mol. The molecule has 2 rings (SSSR count). The summed E-state index contributed by atoms with van der Waals surface area (Å²) in [6.07, 6.45) is 0. The van der Waals surface area contributed by atoms with E-state index in [2.05, 4.69) is 59.9 Å². The lowest BCUT2D eigenvalue weighted by molar-refractivity contribution is 1.64. The molecule has 0 fully saturated rings. The molecule has 0 spiro atoms. The summed E-state index contributed by atoms with van der Waals surface area (Å²) in [7, 11) is 0. The molecule has 0 N–H and O–H groups in total. The van der Waals surface area contributed by atoms with Crippen LogP contribution in [0.5, 0.6) is 0 Å². The average molecular weight is 365 g/mol. The largest absolute Gasteiger partial charge is 0.0605 e. The Bertz CT molecular complexity index is 463. The van der Waals surface area contributed by atoms with Gasteiger partial charge in [-0.3, -0.25) is 0 Å². The summed E-state index contributed by atoms with van der Waals surface area (Å²) < 4.78 is 3.30. The first-order valence-electron chi connectivity index (χ1n) is 3.72. The molecule has 0 aliphatic carbocycles. The van der Waals surface area contributed by atoms with Gasteiger partial charge in [0.1, 0.15) is 0 Å². The molecule has 0 unspecified atom stereocenters. The minimum Gasteiger partial charge on any atom is -0.0605 e. The van der Waals surface area contributed by atoms with E-state index in [9.17, 15) is 0 Å². The fraction of sp³-hybridized carbons (Fsp3) is 0. The van der Waals surface area contributed by atoms with Crippen LogP contribution < -0.4 is 0 Å². The van der Waals surface area contributed by atoms with Crippen molar-refractivity contribution < 1.29 is 0 Å². The first-order valence-corrected chi connectivity index (χ1v) is 6.09. The standard InChI is InChI=1S/C10H5Br3/c11-7-4-6-2-1-3-8(12)10(6)9(13)5-7/h1-5H. The number of fused-ring (bicyclic) bond motifs is 1. The van der Waals surface area contributed by atoms with Crippen LogP contribution >= 0.6 is 47.8 Å². The molecule has 2 aromatic rings. The Labute approximate surface area is 102 Å². The third kappa shape index (κ3) is 1.83. The minimum absolute atomic E-state index is 1.09. The van der Waals surface area contributed by atoms with Crippen LogP contribution in [0.2, 0.25) is 0 Å². The van der Waals surface area contributed by atoms with Crippen molar-refractivity contribution in [1.29, 1.82) is 0 Å². The van der Waals surface area contributed by atoms with Gasteiger partial charge in [0.15, 0.2) is 0 Å². The second-order valence-corrected chi connectivity index (χ2v) is 5.35. The van der Waals surface area contributed by atoms with Gasteiger partial charge in [-0.2, -0.15) is 0 Å². The molecule has 0 aliphatic rings. The minimum atomic E-state index is 1.09. The van der Waals surface area contributed by atoms with Crippen LogP contribution in [0, 0.1) is 0 Å². The number of rotatable bonds is 0. The Kier molecular flexibility index (Phi) is 2.77. The number of benzene rings is 2. The lowest BCUT2D eigenvalue weighted by Gasteiger charge is -2.03. The van der Waals surface area contributed by atoms with E-state index in [0.717, 1.165) is 13.4 Å². The van der Waals surface area contributed by atoms with Gasteiger partial charge in [0, 0.05) is 18.8 Å². The Morgan fingerprint density at radius 1 is 0.846 bits per heavy atom. The van der Waals surface area contributed by atoms with E-state index in [1.807, 2.05) is 18.2 Å². The molecule has 13 heavy (non-hydrogen) atoms. The third-order valence-corrected chi connectivity index (χ3v) is 3.59. The topological polar surface area (TPSA) is 0 Å². The van der Waals surface area contributed by atoms with Gasteiger partial charge in [-0.05, 0) is 23.6 Å². The highest BCUT2D eigenvalue weighted by molar-refractivity contribution is 9.11. The van der Waals surface area contributed by atoms with Crippen LogP contribution in [0.3, 0.4) is 0 Å².